The van der Waals surface area contributed by atoms with E-state index in [0.717, 1.165) is 18.7 Å². The third-order valence-corrected chi connectivity index (χ3v) is 3.01. The van der Waals surface area contributed by atoms with E-state index in [-0.39, 0.29) is 6.04 Å². The van der Waals surface area contributed by atoms with Crippen LogP contribution in [0.4, 0.5) is 0 Å². The highest BCUT2D eigenvalue weighted by atomic mass is 15.2. The Morgan fingerprint density at radius 3 is 2.94 bits per heavy atom. The zero-order chi connectivity index (χ0) is 12.1. The van der Waals surface area contributed by atoms with Crippen molar-refractivity contribution in [3.05, 3.63) is 35.4 Å². The minimum absolute atomic E-state index is 0.101. The molecule has 0 radical (unpaired) electrons. The molecular formula is C13H14N4. The first-order chi connectivity index (χ1) is 8.35. The predicted octanol–water partition coefficient (Wildman–Crippen LogP) is 0.856. The third kappa shape index (κ3) is 2.62. The topological polar surface area (TPSA) is 62.9 Å². The first-order valence-corrected chi connectivity index (χ1v) is 5.67. The number of hydrogen-bond donors (Lipinski definition) is 1. The first-order valence-electron chi connectivity index (χ1n) is 5.67. The van der Waals surface area contributed by atoms with E-state index in [1.807, 2.05) is 24.3 Å². The van der Waals surface area contributed by atoms with Crippen LogP contribution in [0.2, 0.25) is 0 Å². The van der Waals surface area contributed by atoms with Crippen LogP contribution in [0.5, 0.6) is 0 Å². The van der Waals surface area contributed by atoms with Crippen molar-refractivity contribution >= 4 is 0 Å². The minimum Gasteiger partial charge on any atom is -0.313 e. The number of benzene rings is 1. The van der Waals surface area contributed by atoms with E-state index in [0.29, 0.717) is 18.7 Å². The van der Waals surface area contributed by atoms with Gasteiger partial charge in [-0.05, 0) is 11.6 Å². The van der Waals surface area contributed by atoms with Gasteiger partial charge >= 0.3 is 0 Å². The second-order valence-corrected chi connectivity index (χ2v) is 4.09. The zero-order valence-electron chi connectivity index (χ0n) is 9.56. The van der Waals surface area contributed by atoms with Gasteiger partial charge < -0.3 is 5.32 Å². The van der Waals surface area contributed by atoms with Gasteiger partial charge in [-0.3, -0.25) is 4.90 Å². The molecule has 0 amide bonds. The summed E-state index contributed by atoms with van der Waals surface area (Å²) >= 11 is 0. The first kappa shape index (κ1) is 11.6. The van der Waals surface area contributed by atoms with Crippen LogP contribution in [0, 0.1) is 22.7 Å². The van der Waals surface area contributed by atoms with Gasteiger partial charge in [-0.2, -0.15) is 10.5 Å². The highest BCUT2D eigenvalue weighted by molar-refractivity contribution is 5.37. The molecule has 1 N–H and O–H groups in total. The molecule has 1 unspecified atom stereocenters. The van der Waals surface area contributed by atoms with Gasteiger partial charge in [-0.25, -0.2) is 0 Å². The Morgan fingerprint density at radius 1 is 1.35 bits per heavy atom. The van der Waals surface area contributed by atoms with Crippen LogP contribution in [-0.4, -0.2) is 30.6 Å². The third-order valence-electron chi connectivity index (χ3n) is 3.01. The molecule has 0 bridgehead atoms. The predicted molar refractivity (Wildman–Crippen MR) is 63.8 cm³/mol. The van der Waals surface area contributed by atoms with Crippen LogP contribution >= 0.6 is 0 Å². The fourth-order valence-electron chi connectivity index (χ4n) is 2.05. The van der Waals surface area contributed by atoms with Crippen LogP contribution in [0.3, 0.4) is 0 Å². The lowest BCUT2D eigenvalue weighted by Gasteiger charge is -2.32. The molecule has 1 saturated heterocycles. The lowest BCUT2D eigenvalue weighted by atomic mass is 10.1. The average Bonchev–Trinajstić information content (AvgIpc) is 2.40. The molecule has 1 aliphatic rings. The number of rotatable bonds is 2. The molecule has 17 heavy (non-hydrogen) atoms. The Hall–Kier alpha value is -1.88. The van der Waals surface area contributed by atoms with Crippen molar-refractivity contribution in [2.24, 2.45) is 0 Å². The molecule has 0 spiro atoms. The molecule has 1 aliphatic heterocycles. The Balaban J connectivity index is 2.15. The second-order valence-electron chi connectivity index (χ2n) is 4.09. The lowest BCUT2D eigenvalue weighted by Crippen LogP contribution is -2.50. The van der Waals surface area contributed by atoms with E-state index >= 15 is 0 Å². The number of nitrogens with zero attached hydrogens (tertiary/aromatic N) is 3. The van der Waals surface area contributed by atoms with Gasteiger partial charge in [0, 0.05) is 26.2 Å². The summed E-state index contributed by atoms with van der Waals surface area (Å²) in [5, 5.41) is 21.3. The van der Waals surface area contributed by atoms with Gasteiger partial charge in [0.05, 0.1) is 17.7 Å². The molecular weight excluding hydrogens is 212 g/mol. The lowest BCUT2D eigenvalue weighted by molar-refractivity contribution is 0.189. The standard InChI is InChI=1S/C13H14N4/c14-7-11-3-1-2-4-12(11)10-17-6-5-16-9-13(17)8-15/h1-4,13,16H,5-6,9-10H2. The SMILES string of the molecule is N#Cc1ccccc1CN1CCNCC1C#N. The second kappa shape index (κ2) is 5.45. The maximum Gasteiger partial charge on any atom is 0.111 e. The number of piperazine rings is 1. The maximum absolute atomic E-state index is 9.07. The Labute approximate surface area is 101 Å². The average molecular weight is 226 g/mol. The monoisotopic (exact) mass is 226 g/mol. The quantitative estimate of drug-likeness (QED) is 0.812. The Bertz CT molecular complexity index is 469. The molecule has 86 valence electrons. The van der Waals surface area contributed by atoms with Gasteiger partial charge in [-0.1, -0.05) is 18.2 Å². The van der Waals surface area contributed by atoms with Crippen molar-refractivity contribution in [1.82, 2.24) is 10.2 Å². The smallest absolute Gasteiger partial charge is 0.111 e. The Kier molecular flexibility index (Phi) is 3.72. The Morgan fingerprint density at radius 2 is 2.18 bits per heavy atom. The zero-order valence-corrected chi connectivity index (χ0v) is 9.56. The fraction of sp³-hybridized carbons (Fsp3) is 0.385. The van der Waals surface area contributed by atoms with Crippen molar-refractivity contribution < 1.29 is 0 Å². The number of nitriles is 2. The summed E-state index contributed by atoms with van der Waals surface area (Å²) in [6.45, 7) is 3.11. The van der Waals surface area contributed by atoms with E-state index in [1.54, 1.807) is 0 Å². The van der Waals surface area contributed by atoms with Crippen molar-refractivity contribution in [1.29, 1.82) is 10.5 Å². The van der Waals surface area contributed by atoms with E-state index in [1.165, 1.54) is 0 Å². The molecule has 4 nitrogen and oxygen atoms in total. The molecule has 1 aromatic carbocycles. The summed E-state index contributed by atoms with van der Waals surface area (Å²) in [5.41, 5.74) is 1.69. The molecule has 1 fully saturated rings. The largest absolute Gasteiger partial charge is 0.313 e. The van der Waals surface area contributed by atoms with Crippen molar-refractivity contribution in [2.45, 2.75) is 12.6 Å². The van der Waals surface area contributed by atoms with E-state index in [2.05, 4.69) is 22.4 Å². The molecule has 1 heterocycles. The molecule has 2 rings (SSSR count). The molecule has 0 aliphatic carbocycles. The van der Waals surface area contributed by atoms with Crippen LogP contribution in [0.1, 0.15) is 11.1 Å². The van der Waals surface area contributed by atoms with Gasteiger partial charge in [-0.15, -0.1) is 0 Å². The van der Waals surface area contributed by atoms with Crippen LogP contribution in [0.15, 0.2) is 24.3 Å². The highest BCUT2D eigenvalue weighted by Crippen LogP contribution is 2.13. The van der Waals surface area contributed by atoms with Crippen LogP contribution in [-0.2, 0) is 6.54 Å². The van der Waals surface area contributed by atoms with Crippen molar-refractivity contribution in [3.63, 3.8) is 0 Å². The summed E-state index contributed by atoms with van der Waals surface area (Å²) in [5.74, 6) is 0. The van der Waals surface area contributed by atoms with Crippen molar-refractivity contribution in [3.8, 4) is 12.1 Å². The van der Waals surface area contributed by atoms with Gasteiger partial charge in [0.1, 0.15) is 6.04 Å². The van der Waals surface area contributed by atoms with Crippen LogP contribution < -0.4 is 5.32 Å². The highest BCUT2D eigenvalue weighted by Gasteiger charge is 2.22. The summed E-state index contributed by atoms with van der Waals surface area (Å²) in [7, 11) is 0. The normalized spacial score (nSPS) is 20.5. The molecule has 1 aromatic rings. The molecule has 0 saturated carbocycles. The number of hydrogen-bond acceptors (Lipinski definition) is 4. The van der Waals surface area contributed by atoms with Gasteiger partial charge in [0.25, 0.3) is 0 Å². The van der Waals surface area contributed by atoms with Gasteiger partial charge in [0.2, 0.25) is 0 Å². The maximum atomic E-state index is 9.07. The summed E-state index contributed by atoms with van der Waals surface area (Å²) in [6, 6.07) is 11.9. The summed E-state index contributed by atoms with van der Waals surface area (Å²) < 4.78 is 0. The summed E-state index contributed by atoms with van der Waals surface area (Å²) in [6.07, 6.45) is 0. The number of nitrogens with one attached hydrogen (secondary N) is 1. The summed E-state index contributed by atoms with van der Waals surface area (Å²) in [4.78, 5) is 2.12. The van der Waals surface area contributed by atoms with E-state index in [9.17, 15) is 0 Å². The molecule has 0 aromatic heterocycles. The van der Waals surface area contributed by atoms with Gasteiger partial charge in [0.15, 0.2) is 0 Å². The molecule has 1 atom stereocenters. The van der Waals surface area contributed by atoms with E-state index in [4.69, 9.17) is 10.5 Å². The van der Waals surface area contributed by atoms with Crippen molar-refractivity contribution in [2.75, 3.05) is 19.6 Å². The van der Waals surface area contributed by atoms with Crippen LogP contribution in [0.25, 0.3) is 0 Å². The molecule has 4 heteroatoms. The fourth-order valence-corrected chi connectivity index (χ4v) is 2.05. The van der Waals surface area contributed by atoms with E-state index < -0.39 is 0 Å². The minimum atomic E-state index is -0.101.